The van der Waals surface area contributed by atoms with Gasteiger partial charge in [-0.05, 0) is 50.6 Å². The molecule has 1 aliphatic rings. The van der Waals surface area contributed by atoms with Crippen LogP contribution in [0, 0.1) is 0 Å². The number of ether oxygens (including phenoxy) is 2. The zero-order valence-electron chi connectivity index (χ0n) is 17.7. The van der Waals surface area contributed by atoms with Crippen LogP contribution >= 0.6 is 11.6 Å². The van der Waals surface area contributed by atoms with Gasteiger partial charge in [0, 0.05) is 11.6 Å². The molecular formula is C23H25ClN2O5. The largest absolute Gasteiger partial charge is 0.484 e. The lowest BCUT2D eigenvalue weighted by atomic mass is 10.1. The van der Waals surface area contributed by atoms with E-state index in [9.17, 15) is 14.4 Å². The van der Waals surface area contributed by atoms with Gasteiger partial charge in [-0.25, -0.2) is 0 Å². The van der Waals surface area contributed by atoms with E-state index in [-0.39, 0.29) is 36.9 Å². The lowest BCUT2D eigenvalue weighted by Crippen LogP contribution is -2.52. The summed E-state index contributed by atoms with van der Waals surface area (Å²) >= 11 is 6.06. The molecule has 0 aliphatic carbocycles. The molecule has 0 radical (unpaired) electrons. The van der Waals surface area contributed by atoms with E-state index in [2.05, 4.69) is 5.32 Å². The molecule has 7 nitrogen and oxygen atoms in total. The molecule has 0 spiro atoms. The SMILES string of the molecule is CCC(C)NC(=O)C(C)N1C(=O)COc2ccc(C(=O)COc3ccccc3Cl)cc21. The normalized spacial score (nSPS) is 14.8. The average molecular weight is 445 g/mol. The van der Waals surface area contributed by atoms with E-state index in [4.69, 9.17) is 21.1 Å². The number of hydrogen-bond donors (Lipinski definition) is 1. The van der Waals surface area contributed by atoms with Crippen molar-refractivity contribution in [3.8, 4) is 11.5 Å². The molecule has 1 aliphatic heterocycles. The number of nitrogens with zero attached hydrogens (tertiary/aromatic N) is 1. The van der Waals surface area contributed by atoms with Crippen molar-refractivity contribution in [2.45, 2.75) is 39.3 Å². The summed E-state index contributed by atoms with van der Waals surface area (Å²) in [5.74, 6) is -0.0692. The second-order valence-electron chi connectivity index (χ2n) is 7.37. The number of fused-ring (bicyclic) bond motifs is 1. The van der Waals surface area contributed by atoms with Gasteiger partial charge in [0.2, 0.25) is 5.91 Å². The Bertz CT molecular complexity index is 994. The monoisotopic (exact) mass is 444 g/mol. The van der Waals surface area contributed by atoms with Gasteiger partial charge in [-0.15, -0.1) is 0 Å². The number of benzene rings is 2. The summed E-state index contributed by atoms with van der Waals surface area (Å²) in [7, 11) is 0. The van der Waals surface area contributed by atoms with Crippen molar-refractivity contribution in [3.05, 3.63) is 53.1 Å². The molecule has 1 heterocycles. The number of hydrogen-bond acceptors (Lipinski definition) is 5. The maximum Gasteiger partial charge on any atom is 0.265 e. The number of rotatable bonds is 8. The molecule has 2 amide bonds. The maximum atomic E-state index is 12.7. The molecule has 0 saturated heterocycles. The number of amides is 2. The van der Waals surface area contributed by atoms with Gasteiger partial charge in [-0.1, -0.05) is 30.7 Å². The fraction of sp³-hybridized carbons (Fsp3) is 0.348. The fourth-order valence-electron chi connectivity index (χ4n) is 3.14. The van der Waals surface area contributed by atoms with E-state index in [1.807, 2.05) is 13.8 Å². The molecule has 2 aromatic carbocycles. The highest BCUT2D eigenvalue weighted by Gasteiger charge is 2.34. The van der Waals surface area contributed by atoms with E-state index in [1.54, 1.807) is 49.4 Å². The van der Waals surface area contributed by atoms with Crippen LogP contribution in [0.5, 0.6) is 11.5 Å². The third kappa shape index (κ3) is 5.17. The van der Waals surface area contributed by atoms with Gasteiger partial charge in [-0.3, -0.25) is 19.3 Å². The van der Waals surface area contributed by atoms with Gasteiger partial charge >= 0.3 is 0 Å². The minimum Gasteiger partial charge on any atom is -0.484 e. The molecule has 164 valence electrons. The van der Waals surface area contributed by atoms with Crippen LogP contribution in [0.2, 0.25) is 5.02 Å². The van der Waals surface area contributed by atoms with E-state index in [0.29, 0.717) is 27.8 Å². The predicted molar refractivity (Wildman–Crippen MR) is 118 cm³/mol. The van der Waals surface area contributed by atoms with Gasteiger partial charge < -0.3 is 14.8 Å². The number of carbonyl (C=O) groups excluding carboxylic acids is 3. The van der Waals surface area contributed by atoms with Crippen LogP contribution in [0.25, 0.3) is 0 Å². The maximum absolute atomic E-state index is 12.7. The molecule has 0 bridgehead atoms. The topological polar surface area (TPSA) is 84.9 Å². The van der Waals surface area contributed by atoms with Gasteiger partial charge in [0.1, 0.15) is 17.5 Å². The number of anilines is 1. The van der Waals surface area contributed by atoms with Crippen molar-refractivity contribution in [1.82, 2.24) is 5.32 Å². The van der Waals surface area contributed by atoms with Gasteiger partial charge in [0.05, 0.1) is 10.7 Å². The molecule has 0 saturated carbocycles. The predicted octanol–water partition coefficient (Wildman–Crippen LogP) is 3.63. The molecule has 31 heavy (non-hydrogen) atoms. The summed E-state index contributed by atoms with van der Waals surface area (Å²) in [4.78, 5) is 39.3. The summed E-state index contributed by atoms with van der Waals surface area (Å²) < 4.78 is 11.0. The number of Topliss-reactive ketones (excluding diaryl/α,β-unsaturated/α-hetero) is 1. The van der Waals surface area contributed by atoms with Crippen LogP contribution in [-0.4, -0.2) is 42.9 Å². The Balaban J connectivity index is 1.81. The first-order valence-electron chi connectivity index (χ1n) is 10.1. The lowest BCUT2D eigenvalue weighted by molar-refractivity contribution is -0.127. The fourth-order valence-corrected chi connectivity index (χ4v) is 3.33. The average Bonchev–Trinajstić information content (AvgIpc) is 2.77. The third-order valence-electron chi connectivity index (χ3n) is 5.12. The Morgan fingerprint density at radius 2 is 1.97 bits per heavy atom. The van der Waals surface area contributed by atoms with Crippen LogP contribution in [0.15, 0.2) is 42.5 Å². The summed E-state index contributed by atoms with van der Waals surface area (Å²) in [5.41, 5.74) is 0.718. The van der Waals surface area contributed by atoms with Crippen LogP contribution in [-0.2, 0) is 9.59 Å². The number of ketones is 1. The van der Waals surface area contributed by atoms with Crippen LogP contribution in [0.4, 0.5) is 5.69 Å². The van der Waals surface area contributed by atoms with Crippen LogP contribution in [0.3, 0.4) is 0 Å². The first-order chi connectivity index (χ1) is 14.8. The molecule has 3 rings (SSSR count). The van der Waals surface area contributed by atoms with Crippen LogP contribution < -0.4 is 19.7 Å². The third-order valence-corrected chi connectivity index (χ3v) is 5.44. The highest BCUT2D eigenvalue weighted by atomic mass is 35.5. The lowest BCUT2D eigenvalue weighted by Gasteiger charge is -2.34. The first kappa shape index (κ1) is 22.6. The molecule has 0 aromatic heterocycles. The number of carbonyl (C=O) groups is 3. The molecule has 1 N–H and O–H groups in total. The van der Waals surface area contributed by atoms with E-state index >= 15 is 0 Å². The highest BCUT2D eigenvalue weighted by molar-refractivity contribution is 6.32. The van der Waals surface area contributed by atoms with Crippen molar-refractivity contribution < 1.29 is 23.9 Å². The standard InChI is InChI=1S/C23H25ClN2O5/c1-4-14(2)25-23(29)15(3)26-18-11-16(9-10-21(18)31-13-22(26)28)19(27)12-30-20-8-6-5-7-17(20)24/h5-11,14-15H,4,12-13H2,1-3H3,(H,25,29). The van der Waals surface area contributed by atoms with Crippen molar-refractivity contribution in [3.63, 3.8) is 0 Å². The van der Waals surface area contributed by atoms with Gasteiger partial charge in [-0.2, -0.15) is 0 Å². The molecule has 0 fully saturated rings. The van der Waals surface area contributed by atoms with Crippen molar-refractivity contribution in [2.24, 2.45) is 0 Å². The molecule has 2 atom stereocenters. The van der Waals surface area contributed by atoms with Gasteiger partial charge in [0.25, 0.3) is 5.91 Å². The smallest absolute Gasteiger partial charge is 0.265 e. The molecular weight excluding hydrogens is 420 g/mol. The molecule has 2 unspecified atom stereocenters. The summed E-state index contributed by atoms with van der Waals surface area (Å²) in [6.45, 7) is 5.13. The molecule has 2 aromatic rings. The minimum absolute atomic E-state index is 0.0135. The second kappa shape index (κ2) is 9.83. The first-order valence-corrected chi connectivity index (χ1v) is 10.5. The molecule has 8 heteroatoms. The van der Waals surface area contributed by atoms with Crippen molar-refractivity contribution >= 4 is 34.9 Å². The zero-order chi connectivity index (χ0) is 22.5. The van der Waals surface area contributed by atoms with Crippen molar-refractivity contribution in [2.75, 3.05) is 18.1 Å². The Hall–Kier alpha value is -3.06. The van der Waals surface area contributed by atoms with Crippen molar-refractivity contribution in [1.29, 1.82) is 0 Å². The summed E-state index contributed by atoms with van der Waals surface area (Å²) in [5, 5.41) is 3.30. The van der Waals surface area contributed by atoms with E-state index in [0.717, 1.165) is 6.42 Å². The Labute approximate surface area is 186 Å². The van der Waals surface area contributed by atoms with E-state index < -0.39 is 6.04 Å². The quantitative estimate of drug-likeness (QED) is 0.628. The van der Waals surface area contributed by atoms with Gasteiger partial charge in [0.15, 0.2) is 19.0 Å². The number of para-hydroxylation sites is 1. The summed E-state index contributed by atoms with van der Waals surface area (Å²) in [6.07, 6.45) is 0.774. The minimum atomic E-state index is -0.756. The summed E-state index contributed by atoms with van der Waals surface area (Å²) in [6, 6.07) is 10.9. The Morgan fingerprint density at radius 3 is 2.68 bits per heavy atom. The number of nitrogens with one attached hydrogen (secondary N) is 1. The Morgan fingerprint density at radius 1 is 1.23 bits per heavy atom. The number of halogens is 1. The second-order valence-corrected chi connectivity index (χ2v) is 7.78. The van der Waals surface area contributed by atoms with E-state index in [1.165, 1.54) is 4.90 Å². The highest BCUT2D eigenvalue weighted by Crippen LogP contribution is 2.34. The zero-order valence-corrected chi connectivity index (χ0v) is 18.4. The van der Waals surface area contributed by atoms with Crippen LogP contribution in [0.1, 0.15) is 37.6 Å². The Kier molecular flexibility index (Phi) is 7.17.